The van der Waals surface area contributed by atoms with Crippen molar-refractivity contribution in [1.82, 2.24) is 5.32 Å². The Kier molecular flexibility index (Phi) is 5.99. The van der Waals surface area contributed by atoms with Crippen LogP contribution in [-0.2, 0) is 4.79 Å². The van der Waals surface area contributed by atoms with E-state index in [1.54, 1.807) is 24.3 Å². The summed E-state index contributed by atoms with van der Waals surface area (Å²) in [5.41, 5.74) is 4.46. The van der Waals surface area contributed by atoms with Crippen LogP contribution < -0.4 is 10.6 Å². The zero-order valence-electron chi connectivity index (χ0n) is 14.1. The molecule has 126 valence electrons. The molecule has 2 aromatic carbocycles. The lowest BCUT2D eigenvalue weighted by Crippen LogP contribution is -2.28. The molecule has 0 aliphatic rings. The standard InChI is InChI=1S/C19H21ClN2O2/c1-12-10-13(2)18(14(3)11-12)22-17(23)8-9-21-19(24)15-6-4-5-7-16(15)20/h4-7,10-11H,8-9H2,1-3H3,(H,21,24)(H,22,23). The molecule has 0 aliphatic carbocycles. The number of carbonyl (C=O) groups excluding carboxylic acids is 2. The maximum atomic E-state index is 12.1. The predicted molar refractivity (Wildman–Crippen MR) is 97.7 cm³/mol. The number of carbonyl (C=O) groups is 2. The van der Waals surface area contributed by atoms with Crippen molar-refractivity contribution in [2.45, 2.75) is 27.2 Å². The third kappa shape index (κ3) is 4.59. The Hall–Kier alpha value is -2.33. The van der Waals surface area contributed by atoms with E-state index in [9.17, 15) is 9.59 Å². The average molecular weight is 345 g/mol. The van der Waals surface area contributed by atoms with Crippen LogP contribution in [0.25, 0.3) is 0 Å². The molecule has 0 saturated heterocycles. The predicted octanol–water partition coefficient (Wildman–Crippen LogP) is 4.02. The second-order valence-electron chi connectivity index (χ2n) is 5.81. The zero-order chi connectivity index (χ0) is 17.7. The fourth-order valence-electron chi connectivity index (χ4n) is 2.61. The number of amides is 2. The van der Waals surface area contributed by atoms with Crippen LogP contribution in [0.5, 0.6) is 0 Å². The monoisotopic (exact) mass is 344 g/mol. The first-order valence-corrected chi connectivity index (χ1v) is 8.16. The number of aryl methyl sites for hydroxylation is 3. The fraction of sp³-hybridized carbons (Fsp3) is 0.263. The van der Waals surface area contributed by atoms with Gasteiger partial charge in [0, 0.05) is 18.7 Å². The molecule has 2 N–H and O–H groups in total. The molecule has 5 heteroatoms. The van der Waals surface area contributed by atoms with Crippen LogP contribution in [0.15, 0.2) is 36.4 Å². The van der Waals surface area contributed by atoms with Gasteiger partial charge in [-0.1, -0.05) is 41.4 Å². The van der Waals surface area contributed by atoms with Crippen LogP contribution in [0, 0.1) is 20.8 Å². The van der Waals surface area contributed by atoms with Crippen LogP contribution in [0.1, 0.15) is 33.5 Å². The van der Waals surface area contributed by atoms with Crippen LogP contribution in [0.3, 0.4) is 0 Å². The molecule has 4 nitrogen and oxygen atoms in total. The van der Waals surface area contributed by atoms with E-state index >= 15 is 0 Å². The van der Waals surface area contributed by atoms with E-state index in [-0.39, 0.29) is 24.8 Å². The van der Waals surface area contributed by atoms with Crippen LogP contribution >= 0.6 is 11.6 Å². The van der Waals surface area contributed by atoms with Crippen molar-refractivity contribution in [2.75, 3.05) is 11.9 Å². The van der Waals surface area contributed by atoms with E-state index in [1.807, 2.05) is 32.9 Å². The van der Waals surface area contributed by atoms with E-state index in [0.29, 0.717) is 10.6 Å². The molecule has 0 atom stereocenters. The number of hydrogen-bond acceptors (Lipinski definition) is 2. The first-order chi connectivity index (χ1) is 11.4. The minimum atomic E-state index is -0.281. The van der Waals surface area contributed by atoms with Crippen molar-refractivity contribution in [1.29, 1.82) is 0 Å². The van der Waals surface area contributed by atoms with Gasteiger partial charge in [0.25, 0.3) is 5.91 Å². The molecule has 24 heavy (non-hydrogen) atoms. The molecule has 2 aromatic rings. The highest BCUT2D eigenvalue weighted by Crippen LogP contribution is 2.22. The molecule has 0 spiro atoms. The Morgan fingerprint density at radius 1 is 1.04 bits per heavy atom. The second kappa shape index (κ2) is 7.97. The molecule has 0 unspecified atom stereocenters. The summed E-state index contributed by atoms with van der Waals surface area (Å²) >= 11 is 5.98. The van der Waals surface area contributed by atoms with Gasteiger partial charge in [0.15, 0.2) is 0 Å². The van der Waals surface area contributed by atoms with E-state index in [2.05, 4.69) is 10.6 Å². The molecule has 2 rings (SSSR count). The summed E-state index contributed by atoms with van der Waals surface area (Å²) in [6.45, 7) is 6.21. The van der Waals surface area contributed by atoms with Crippen molar-refractivity contribution >= 4 is 29.1 Å². The third-order valence-electron chi connectivity index (χ3n) is 3.70. The quantitative estimate of drug-likeness (QED) is 0.860. The van der Waals surface area contributed by atoms with E-state index in [0.717, 1.165) is 22.4 Å². The van der Waals surface area contributed by atoms with Gasteiger partial charge >= 0.3 is 0 Å². The topological polar surface area (TPSA) is 58.2 Å². The zero-order valence-corrected chi connectivity index (χ0v) is 14.8. The van der Waals surface area contributed by atoms with Crippen molar-refractivity contribution in [2.24, 2.45) is 0 Å². The highest BCUT2D eigenvalue weighted by atomic mass is 35.5. The molecule has 0 aliphatic heterocycles. The maximum Gasteiger partial charge on any atom is 0.252 e. The first-order valence-electron chi connectivity index (χ1n) is 7.79. The summed E-state index contributed by atoms with van der Waals surface area (Å²) in [4.78, 5) is 24.1. The number of nitrogens with one attached hydrogen (secondary N) is 2. The van der Waals surface area contributed by atoms with Gasteiger partial charge in [-0.3, -0.25) is 9.59 Å². The summed E-state index contributed by atoms with van der Waals surface area (Å²) in [7, 11) is 0. The van der Waals surface area contributed by atoms with Gasteiger partial charge in [-0.05, 0) is 44.0 Å². The largest absolute Gasteiger partial charge is 0.351 e. The lowest BCUT2D eigenvalue weighted by atomic mass is 10.1. The lowest BCUT2D eigenvalue weighted by molar-refractivity contribution is -0.116. The molecule has 0 heterocycles. The fourth-order valence-corrected chi connectivity index (χ4v) is 2.83. The second-order valence-corrected chi connectivity index (χ2v) is 6.21. The molecule has 0 fully saturated rings. The van der Waals surface area contributed by atoms with Gasteiger partial charge in [0.1, 0.15) is 0 Å². The molecule has 0 radical (unpaired) electrons. The summed E-state index contributed by atoms with van der Waals surface area (Å²) in [6.07, 6.45) is 0.197. The van der Waals surface area contributed by atoms with Gasteiger partial charge in [-0.2, -0.15) is 0 Å². The van der Waals surface area contributed by atoms with E-state index in [1.165, 1.54) is 0 Å². The number of halogens is 1. The van der Waals surface area contributed by atoms with Crippen LogP contribution in [0.4, 0.5) is 5.69 Å². The number of benzene rings is 2. The van der Waals surface area contributed by atoms with Crippen LogP contribution in [0.2, 0.25) is 5.02 Å². The Morgan fingerprint density at radius 3 is 2.29 bits per heavy atom. The molecule has 0 bridgehead atoms. The molecule has 2 amide bonds. The third-order valence-corrected chi connectivity index (χ3v) is 4.03. The molecule has 0 saturated carbocycles. The minimum absolute atomic E-state index is 0.135. The molecule has 0 aromatic heterocycles. The normalized spacial score (nSPS) is 10.3. The van der Waals surface area contributed by atoms with Crippen molar-refractivity contribution in [3.63, 3.8) is 0 Å². The average Bonchev–Trinajstić information content (AvgIpc) is 2.51. The number of rotatable bonds is 5. The first kappa shape index (κ1) is 18.0. The van der Waals surface area contributed by atoms with Gasteiger partial charge in [0.05, 0.1) is 10.6 Å². The number of hydrogen-bond donors (Lipinski definition) is 2. The minimum Gasteiger partial charge on any atom is -0.351 e. The van der Waals surface area contributed by atoms with Gasteiger partial charge < -0.3 is 10.6 Å². The van der Waals surface area contributed by atoms with E-state index < -0.39 is 0 Å². The van der Waals surface area contributed by atoms with Gasteiger partial charge in [-0.15, -0.1) is 0 Å². The Labute approximate surface area is 147 Å². The SMILES string of the molecule is Cc1cc(C)c(NC(=O)CCNC(=O)c2ccccc2Cl)c(C)c1. The highest BCUT2D eigenvalue weighted by molar-refractivity contribution is 6.33. The van der Waals surface area contributed by atoms with E-state index in [4.69, 9.17) is 11.6 Å². The Balaban J connectivity index is 1.88. The van der Waals surface area contributed by atoms with Gasteiger partial charge in [-0.25, -0.2) is 0 Å². The Bertz CT molecular complexity index is 749. The summed E-state index contributed by atoms with van der Waals surface area (Å²) in [6, 6.07) is 10.9. The summed E-state index contributed by atoms with van der Waals surface area (Å²) < 4.78 is 0. The highest BCUT2D eigenvalue weighted by Gasteiger charge is 2.11. The Morgan fingerprint density at radius 2 is 1.67 bits per heavy atom. The van der Waals surface area contributed by atoms with Crippen molar-refractivity contribution in [3.8, 4) is 0 Å². The maximum absolute atomic E-state index is 12.1. The molecular formula is C19H21ClN2O2. The summed E-state index contributed by atoms with van der Waals surface area (Å²) in [5.74, 6) is -0.416. The van der Waals surface area contributed by atoms with Crippen LogP contribution in [-0.4, -0.2) is 18.4 Å². The van der Waals surface area contributed by atoms with Crippen molar-refractivity contribution < 1.29 is 9.59 Å². The van der Waals surface area contributed by atoms with Gasteiger partial charge in [0.2, 0.25) is 5.91 Å². The number of anilines is 1. The van der Waals surface area contributed by atoms with Crippen molar-refractivity contribution in [3.05, 3.63) is 63.7 Å². The molecular weight excluding hydrogens is 324 g/mol. The lowest BCUT2D eigenvalue weighted by Gasteiger charge is -2.13. The smallest absolute Gasteiger partial charge is 0.252 e. The summed E-state index contributed by atoms with van der Waals surface area (Å²) in [5, 5.41) is 6.02.